The molecular formula is C28H21FN6O2. The highest BCUT2D eigenvalue weighted by molar-refractivity contribution is 6.09. The summed E-state index contributed by atoms with van der Waals surface area (Å²) in [5.41, 5.74) is 6.75. The van der Waals surface area contributed by atoms with Gasteiger partial charge in [-0.05, 0) is 53.9 Å². The van der Waals surface area contributed by atoms with Gasteiger partial charge in [0.05, 0.1) is 11.1 Å². The first-order chi connectivity index (χ1) is 18.0. The van der Waals surface area contributed by atoms with Gasteiger partial charge in [0.25, 0.3) is 5.91 Å². The number of rotatable bonds is 5. The van der Waals surface area contributed by atoms with Gasteiger partial charge in [0.2, 0.25) is 5.88 Å². The van der Waals surface area contributed by atoms with Crippen LogP contribution in [-0.4, -0.2) is 25.8 Å². The standard InChI is InChI=1S/C28H21FN6O2/c1-15-4-3-5-22(33-15)37-20-10-11-21-18(12-20)13-30-26-24-23(21)25(35-27(24)32-14-31-26)17-6-8-19(9-7-17)34-28(36)16(2)29/h3-12,14H,2,13H2,1H3,(H,34,36)(H2,30,31,32,35). The van der Waals surface area contributed by atoms with Crippen molar-refractivity contribution in [1.29, 1.82) is 0 Å². The molecule has 1 aliphatic heterocycles. The second-order valence-electron chi connectivity index (χ2n) is 8.65. The number of amides is 1. The molecule has 0 atom stereocenters. The molecule has 0 spiro atoms. The SMILES string of the molecule is C=C(F)C(=O)Nc1ccc(-c2[nH]c3ncnc4c3c2-c2ccc(Oc3cccc(C)n3)cc2CN4)cc1. The smallest absolute Gasteiger partial charge is 0.283 e. The number of nitrogens with one attached hydrogen (secondary N) is 3. The number of benzene rings is 2. The molecule has 8 nitrogen and oxygen atoms in total. The third-order valence-corrected chi connectivity index (χ3v) is 6.15. The van der Waals surface area contributed by atoms with Gasteiger partial charge in [-0.2, -0.15) is 0 Å². The Kier molecular flexibility index (Phi) is 5.37. The molecule has 3 N–H and O–H groups in total. The van der Waals surface area contributed by atoms with Crippen LogP contribution in [0.1, 0.15) is 11.3 Å². The molecule has 1 aliphatic rings. The average Bonchev–Trinajstić information content (AvgIpc) is 3.19. The third-order valence-electron chi connectivity index (χ3n) is 6.15. The molecule has 0 aliphatic carbocycles. The molecule has 0 bridgehead atoms. The molecule has 37 heavy (non-hydrogen) atoms. The zero-order chi connectivity index (χ0) is 25.5. The first-order valence-corrected chi connectivity index (χ1v) is 11.6. The number of carbonyl (C=O) groups is 1. The van der Waals surface area contributed by atoms with Crippen LogP contribution in [0.25, 0.3) is 33.4 Å². The summed E-state index contributed by atoms with van der Waals surface area (Å²) in [6, 6.07) is 18.7. The molecule has 9 heteroatoms. The van der Waals surface area contributed by atoms with Crippen LogP contribution >= 0.6 is 0 Å². The number of fused-ring (bicyclic) bond motifs is 2. The van der Waals surface area contributed by atoms with Crippen molar-refractivity contribution in [3.63, 3.8) is 0 Å². The van der Waals surface area contributed by atoms with E-state index >= 15 is 0 Å². The fourth-order valence-electron chi connectivity index (χ4n) is 4.46. The van der Waals surface area contributed by atoms with E-state index < -0.39 is 11.7 Å². The zero-order valence-corrected chi connectivity index (χ0v) is 19.8. The summed E-state index contributed by atoms with van der Waals surface area (Å²) >= 11 is 0. The van der Waals surface area contributed by atoms with E-state index in [4.69, 9.17) is 4.74 Å². The van der Waals surface area contributed by atoms with E-state index in [2.05, 4.69) is 37.1 Å². The lowest BCUT2D eigenvalue weighted by molar-refractivity contribution is -0.114. The Balaban J connectivity index is 1.43. The molecular weight excluding hydrogens is 471 g/mol. The van der Waals surface area contributed by atoms with E-state index in [1.54, 1.807) is 12.1 Å². The van der Waals surface area contributed by atoms with Crippen LogP contribution in [-0.2, 0) is 11.3 Å². The molecule has 5 aromatic rings. The molecule has 1 amide bonds. The van der Waals surface area contributed by atoms with Gasteiger partial charge in [0.15, 0.2) is 5.83 Å². The second-order valence-corrected chi connectivity index (χ2v) is 8.65. The van der Waals surface area contributed by atoms with Crippen LogP contribution in [0.2, 0.25) is 0 Å². The quantitative estimate of drug-likeness (QED) is 0.255. The van der Waals surface area contributed by atoms with Crippen molar-refractivity contribution in [2.24, 2.45) is 0 Å². The van der Waals surface area contributed by atoms with Crippen LogP contribution in [0, 0.1) is 6.92 Å². The van der Waals surface area contributed by atoms with Crippen LogP contribution in [0.15, 0.2) is 79.4 Å². The van der Waals surface area contributed by atoms with Crippen molar-refractivity contribution >= 4 is 28.4 Å². The fourth-order valence-corrected chi connectivity index (χ4v) is 4.46. The number of anilines is 2. The number of hydrogen-bond acceptors (Lipinski definition) is 6. The predicted molar refractivity (Wildman–Crippen MR) is 140 cm³/mol. The number of pyridine rings is 1. The highest BCUT2D eigenvalue weighted by atomic mass is 19.1. The lowest BCUT2D eigenvalue weighted by atomic mass is 9.95. The van der Waals surface area contributed by atoms with Gasteiger partial charge in [-0.25, -0.2) is 19.3 Å². The summed E-state index contributed by atoms with van der Waals surface area (Å²) in [6.45, 7) is 5.49. The highest BCUT2D eigenvalue weighted by Crippen LogP contribution is 2.44. The number of halogens is 1. The zero-order valence-electron chi connectivity index (χ0n) is 19.8. The maximum absolute atomic E-state index is 13.1. The van der Waals surface area contributed by atoms with Gasteiger partial charge in [0.1, 0.15) is 23.5 Å². The Hall–Kier alpha value is -5.05. The third kappa shape index (κ3) is 4.16. The predicted octanol–water partition coefficient (Wildman–Crippen LogP) is 6.13. The molecule has 0 fully saturated rings. The Bertz CT molecular complexity index is 1690. The average molecular weight is 493 g/mol. The first kappa shape index (κ1) is 22.4. The number of aromatic amines is 1. The van der Waals surface area contributed by atoms with E-state index in [9.17, 15) is 9.18 Å². The molecule has 4 heterocycles. The van der Waals surface area contributed by atoms with Gasteiger partial charge in [0, 0.05) is 29.6 Å². The fraction of sp³-hybridized carbons (Fsp3) is 0.0714. The van der Waals surface area contributed by atoms with Crippen LogP contribution in [0.3, 0.4) is 0 Å². The Morgan fingerprint density at radius 3 is 2.73 bits per heavy atom. The topological polar surface area (TPSA) is 105 Å². The lowest BCUT2D eigenvalue weighted by Crippen LogP contribution is -2.10. The summed E-state index contributed by atoms with van der Waals surface area (Å²) < 4.78 is 19.1. The number of ether oxygens (including phenoxy) is 1. The van der Waals surface area contributed by atoms with Gasteiger partial charge >= 0.3 is 0 Å². The molecule has 0 unspecified atom stereocenters. The molecule has 182 valence electrons. The first-order valence-electron chi connectivity index (χ1n) is 11.6. The maximum Gasteiger partial charge on any atom is 0.283 e. The number of hydrogen-bond donors (Lipinski definition) is 3. The number of aromatic nitrogens is 4. The van der Waals surface area contributed by atoms with Gasteiger partial charge in [-0.15, -0.1) is 0 Å². The summed E-state index contributed by atoms with van der Waals surface area (Å²) in [5.74, 6) is 0.0233. The molecule has 0 radical (unpaired) electrons. The van der Waals surface area contributed by atoms with E-state index in [0.29, 0.717) is 29.5 Å². The van der Waals surface area contributed by atoms with E-state index in [1.165, 1.54) is 6.33 Å². The molecule has 0 saturated carbocycles. The Morgan fingerprint density at radius 1 is 1.11 bits per heavy atom. The number of H-pyrrole nitrogens is 1. The normalized spacial score (nSPS) is 11.8. The van der Waals surface area contributed by atoms with Crippen molar-refractivity contribution < 1.29 is 13.9 Å². The number of nitrogens with zero attached hydrogens (tertiary/aromatic N) is 3. The second kappa shape index (κ2) is 8.87. The maximum atomic E-state index is 13.1. The van der Waals surface area contributed by atoms with Crippen LogP contribution < -0.4 is 15.4 Å². The van der Waals surface area contributed by atoms with Crippen molar-refractivity contribution in [3.8, 4) is 34.0 Å². The minimum absolute atomic E-state index is 0.462. The van der Waals surface area contributed by atoms with Crippen molar-refractivity contribution in [1.82, 2.24) is 19.9 Å². The monoisotopic (exact) mass is 492 g/mol. The van der Waals surface area contributed by atoms with Crippen molar-refractivity contribution in [2.75, 3.05) is 10.6 Å². The van der Waals surface area contributed by atoms with Crippen molar-refractivity contribution in [2.45, 2.75) is 13.5 Å². The summed E-state index contributed by atoms with van der Waals surface area (Å²) in [5, 5.41) is 6.78. The van der Waals surface area contributed by atoms with Crippen molar-refractivity contribution in [3.05, 3.63) is 90.7 Å². The number of carbonyl (C=O) groups excluding carboxylic acids is 1. The minimum atomic E-state index is -1.04. The Morgan fingerprint density at radius 2 is 1.95 bits per heavy atom. The summed E-state index contributed by atoms with van der Waals surface area (Å²) in [4.78, 5) is 28.4. The molecule has 6 rings (SSSR count). The highest BCUT2D eigenvalue weighted by Gasteiger charge is 2.24. The summed E-state index contributed by atoms with van der Waals surface area (Å²) in [7, 11) is 0. The van der Waals surface area contributed by atoms with Gasteiger partial charge in [-0.1, -0.05) is 30.8 Å². The van der Waals surface area contributed by atoms with E-state index in [0.717, 1.165) is 44.8 Å². The summed E-state index contributed by atoms with van der Waals surface area (Å²) in [6.07, 6.45) is 1.52. The van der Waals surface area contributed by atoms with E-state index in [1.807, 2.05) is 55.5 Å². The van der Waals surface area contributed by atoms with Crippen LogP contribution in [0.4, 0.5) is 15.9 Å². The van der Waals surface area contributed by atoms with Gasteiger partial charge in [-0.3, -0.25) is 4.79 Å². The largest absolute Gasteiger partial charge is 0.439 e. The molecule has 2 aromatic carbocycles. The molecule has 0 saturated heterocycles. The lowest BCUT2D eigenvalue weighted by Gasteiger charge is -2.12. The van der Waals surface area contributed by atoms with E-state index in [-0.39, 0.29) is 0 Å². The number of aryl methyl sites for hydroxylation is 1. The molecule has 3 aromatic heterocycles. The Labute approximate surface area is 211 Å². The van der Waals surface area contributed by atoms with Gasteiger partial charge < -0.3 is 20.4 Å². The van der Waals surface area contributed by atoms with Crippen LogP contribution in [0.5, 0.6) is 11.6 Å². The minimum Gasteiger partial charge on any atom is -0.439 e.